The Morgan fingerprint density at radius 1 is 0.346 bits per heavy atom. The third kappa shape index (κ3) is 5.75. The topological polar surface area (TPSA) is 16.4 Å². The van der Waals surface area contributed by atoms with E-state index in [1.54, 1.807) is 0 Å². The van der Waals surface area contributed by atoms with E-state index in [0.717, 1.165) is 50.1 Å². The number of furan rings is 1. The summed E-state index contributed by atoms with van der Waals surface area (Å²) in [4.78, 5) is 2.34. The van der Waals surface area contributed by atoms with E-state index in [1.807, 2.05) is 12.1 Å². The maximum Gasteiger partial charge on any atom is 0.135 e. The average molecular weight is 668 g/mol. The second-order valence-electron chi connectivity index (χ2n) is 13.4. The number of anilines is 3. The van der Waals surface area contributed by atoms with Crippen molar-refractivity contribution in [1.29, 1.82) is 0 Å². The number of aryl methyl sites for hydroxylation is 1. The van der Waals surface area contributed by atoms with Crippen molar-refractivity contribution in [3.05, 3.63) is 199 Å². The molecule has 0 aliphatic heterocycles. The number of rotatable bonds is 7. The van der Waals surface area contributed by atoms with Crippen LogP contribution in [0.1, 0.15) is 11.1 Å². The molecular formula is C50H37NO. The summed E-state index contributed by atoms with van der Waals surface area (Å²) >= 11 is 0. The first-order chi connectivity index (χ1) is 25.6. The van der Waals surface area contributed by atoms with E-state index >= 15 is 0 Å². The van der Waals surface area contributed by atoms with Gasteiger partial charge in [-0.3, -0.25) is 0 Å². The number of hydrogen-bond donors (Lipinski definition) is 0. The fraction of sp³-hybridized carbons (Fsp3) is 0.0400. The van der Waals surface area contributed by atoms with Crippen LogP contribution in [-0.2, 0) is 0 Å². The van der Waals surface area contributed by atoms with Crippen LogP contribution in [0.3, 0.4) is 0 Å². The summed E-state index contributed by atoms with van der Waals surface area (Å²) in [5, 5.41) is 2.28. The van der Waals surface area contributed by atoms with Crippen LogP contribution in [0.15, 0.2) is 192 Å². The highest BCUT2D eigenvalue weighted by molar-refractivity contribution is 6.06. The molecule has 9 aromatic rings. The lowest BCUT2D eigenvalue weighted by atomic mass is 9.91. The first-order valence-electron chi connectivity index (χ1n) is 17.8. The van der Waals surface area contributed by atoms with Crippen molar-refractivity contribution >= 4 is 39.0 Å². The van der Waals surface area contributed by atoms with Crippen LogP contribution in [0.25, 0.3) is 66.4 Å². The molecule has 248 valence electrons. The second-order valence-corrected chi connectivity index (χ2v) is 13.4. The molecule has 0 bridgehead atoms. The first kappa shape index (κ1) is 31.3. The average Bonchev–Trinajstić information content (AvgIpc) is 3.58. The lowest BCUT2D eigenvalue weighted by Crippen LogP contribution is -2.09. The van der Waals surface area contributed by atoms with E-state index < -0.39 is 0 Å². The van der Waals surface area contributed by atoms with Gasteiger partial charge in [0.15, 0.2) is 0 Å². The summed E-state index contributed by atoms with van der Waals surface area (Å²) in [7, 11) is 0. The first-order valence-corrected chi connectivity index (χ1v) is 17.8. The highest BCUT2D eigenvalue weighted by Crippen LogP contribution is 2.40. The van der Waals surface area contributed by atoms with Crippen molar-refractivity contribution in [1.82, 2.24) is 0 Å². The molecule has 52 heavy (non-hydrogen) atoms. The largest absolute Gasteiger partial charge is 0.456 e. The number of benzene rings is 8. The predicted octanol–water partition coefficient (Wildman–Crippen LogP) is 14.3. The summed E-state index contributed by atoms with van der Waals surface area (Å²) in [5.74, 6) is 0. The van der Waals surface area contributed by atoms with Crippen LogP contribution >= 0.6 is 0 Å². The fourth-order valence-corrected chi connectivity index (χ4v) is 7.49. The summed E-state index contributed by atoms with van der Waals surface area (Å²) < 4.78 is 6.10. The third-order valence-corrected chi connectivity index (χ3v) is 10.3. The van der Waals surface area contributed by atoms with Crippen LogP contribution < -0.4 is 4.90 Å². The standard InChI is InChI=1S/C50H37NO/c1-34-11-6-7-14-44(34)46-17-10-16-45(35(46)2)39-23-30-43(31-24-39)51(41-26-19-37(20-27-41)36-12-4-3-5-13-36)42-28-21-38(22-29-42)40-25-32-50-48(33-40)47-15-8-9-18-49(47)52-50/h3-33H,1-2H3. The fourth-order valence-electron chi connectivity index (χ4n) is 7.49. The summed E-state index contributed by atoms with van der Waals surface area (Å²) in [5.41, 5.74) is 17.4. The molecule has 0 amide bonds. The Bertz CT molecular complexity index is 2670. The van der Waals surface area contributed by atoms with Gasteiger partial charge < -0.3 is 9.32 Å². The van der Waals surface area contributed by atoms with Gasteiger partial charge in [-0.2, -0.15) is 0 Å². The van der Waals surface area contributed by atoms with E-state index in [0.29, 0.717) is 0 Å². The molecule has 0 radical (unpaired) electrons. The van der Waals surface area contributed by atoms with E-state index in [2.05, 4.69) is 195 Å². The van der Waals surface area contributed by atoms with Crippen molar-refractivity contribution < 1.29 is 4.42 Å². The Hall–Kier alpha value is -6.64. The zero-order chi connectivity index (χ0) is 35.0. The van der Waals surface area contributed by atoms with Gasteiger partial charge in [-0.05, 0) is 124 Å². The van der Waals surface area contributed by atoms with Crippen molar-refractivity contribution in [2.24, 2.45) is 0 Å². The lowest BCUT2D eigenvalue weighted by molar-refractivity contribution is 0.669. The number of hydrogen-bond acceptors (Lipinski definition) is 2. The van der Waals surface area contributed by atoms with E-state index in [1.165, 1.54) is 44.5 Å². The molecule has 0 aliphatic carbocycles. The minimum atomic E-state index is 0.909. The maximum atomic E-state index is 6.10. The van der Waals surface area contributed by atoms with Crippen molar-refractivity contribution in [2.75, 3.05) is 4.90 Å². The molecule has 0 N–H and O–H groups in total. The Morgan fingerprint density at radius 3 is 1.54 bits per heavy atom. The van der Waals surface area contributed by atoms with Crippen LogP contribution in [0, 0.1) is 13.8 Å². The molecule has 1 aromatic heterocycles. The molecule has 0 saturated heterocycles. The maximum absolute atomic E-state index is 6.10. The van der Waals surface area contributed by atoms with Crippen LogP contribution in [0.5, 0.6) is 0 Å². The van der Waals surface area contributed by atoms with Gasteiger partial charge in [0.25, 0.3) is 0 Å². The third-order valence-electron chi connectivity index (χ3n) is 10.3. The normalized spacial score (nSPS) is 11.3. The van der Waals surface area contributed by atoms with Crippen LogP contribution in [0.2, 0.25) is 0 Å². The molecule has 0 aliphatic rings. The quantitative estimate of drug-likeness (QED) is 0.168. The van der Waals surface area contributed by atoms with Crippen molar-refractivity contribution in [2.45, 2.75) is 13.8 Å². The summed E-state index contributed by atoms with van der Waals surface area (Å²) in [6.07, 6.45) is 0. The SMILES string of the molecule is Cc1ccccc1-c1cccc(-c2ccc(N(c3ccc(-c4ccccc4)cc3)c3ccc(-c4ccc5oc6ccccc6c5c4)cc3)cc2)c1C. The van der Waals surface area contributed by atoms with Gasteiger partial charge in [0.2, 0.25) is 0 Å². The Labute approximate surface area is 304 Å². The number of para-hydroxylation sites is 1. The molecule has 0 spiro atoms. The molecule has 1 heterocycles. The van der Waals surface area contributed by atoms with Gasteiger partial charge in [0.05, 0.1) is 0 Å². The smallest absolute Gasteiger partial charge is 0.135 e. The monoisotopic (exact) mass is 667 g/mol. The molecule has 0 unspecified atom stereocenters. The molecule has 2 nitrogen and oxygen atoms in total. The number of fused-ring (bicyclic) bond motifs is 3. The van der Waals surface area contributed by atoms with Crippen LogP contribution in [0.4, 0.5) is 17.1 Å². The van der Waals surface area contributed by atoms with Crippen molar-refractivity contribution in [3.63, 3.8) is 0 Å². The van der Waals surface area contributed by atoms with Gasteiger partial charge in [0.1, 0.15) is 11.2 Å². The summed E-state index contributed by atoms with van der Waals surface area (Å²) in [6, 6.07) is 67.3. The molecular weight excluding hydrogens is 631 g/mol. The molecule has 2 heteroatoms. The molecule has 0 saturated carbocycles. The minimum Gasteiger partial charge on any atom is -0.456 e. The molecule has 9 rings (SSSR count). The van der Waals surface area contributed by atoms with E-state index in [4.69, 9.17) is 4.42 Å². The van der Waals surface area contributed by atoms with E-state index in [-0.39, 0.29) is 0 Å². The van der Waals surface area contributed by atoms with Crippen molar-refractivity contribution in [3.8, 4) is 44.5 Å². The Balaban J connectivity index is 1.09. The minimum absolute atomic E-state index is 0.909. The van der Waals surface area contributed by atoms with Gasteiger partial charge in [0, 0.05) is 27.8 Å². The van der Waals surface area contributed by atoms with E-state index in [9.17, 15) is 0 Å². The number of nitrogens with zero attached hydrogens (tertiary/aromatic N) is 1. The zero-order valence-electron chi connectivity index (χ0n) is 29.3. The highest BCUT2D eigenvalue weighted by atomic mass is 16.3. The van der Waals surface area contributed by atoms with Gasteiger partial charge in [-0.15, -0.1) is 0 Å². The summed E-state index contributed by atoms with van der Waals surface area (Å²) in [6.45, 7) is 4.42. The highest BCUT2D eigenvalue weighted by Gasteiger charge is 2.16. The predicted molar refractivity (Wildman–Crippen MR) is 220 cm³/mol. The molecule has 0 atom stereocenters. The van der Waals surface area contributed by atoms with Gasteiger partial charge >= 0.3 is 0 Å². The van der Waals surface area contributed by atoms with Crippen LogP contribution in [-0.4, -0.2) is 0 Å². The van der Waals surface area contributed by atoms with Gasteiger partial charge in [-0.1, -0.05) is 133 Å². The zero-order valence-corrected chi connectivity index (χ0v) is 29.3. The second kappa shape index (κ2) is 13.2. The molecule has 8 aromatic carbocycles. The van der Waals surface area contributed by atoms with Gasteiger partial charge in [-0.25, -0.2) is 0 Å². The Kier molecular flexibility index (Phi) is 7.98. The lowest BCUT2D eigenvalue weighted by Gasteiger charge is -2.26. The molecule has 0 fully saturated rings. The Morgan fingerprint density at radius 2 is 0.846 bits per heavy atom.